The Labute approximate surface area is 94.7 Å². The van der Waals surface area contributed by atoms with E-state index >= 15 is 0 Å². The number of piperidine rings is 3. The Bertz CT molecular complexity index is 385. The van der Waals surface area contributed by atoms with Gasteiger partial charge in [0, 0.05) is 18.3 Å². The zero-order chi connectivity index (χ0) is 11.0. The summed E-state index contributed by atoms with van der Waals surface area (Å²) in [5.41, 5.74) is 1.06. The molecule has 4 rings (SSSR count). The first kappa shape index (κ1) is 9.90. The summed E-state index contributed by atoms with van der Waals surface area (Å²) in [5.74, 6) is 0.751. The van der Waals surface area contributed by atoms with Gasteiger partial charge in [0.15, 0.2) is 5.78 Å². The zero-order valence-electron chi connectivity index (χ0n) is 9.17. The number of fused-ring (bicyclic) bond motifs is 3. The molecule has 0 N–H and O–H groups in total. The Morgan fingerprint density at radius 2 is 1.94 bits per heavy atom. The van der Waals surface area contributed by atoms with Gasteiger partial charge in [-0.25, -0.2) is 9.97 Å². The van der Waals surface area contributed by atoms with Crippen molar-refractivity contribution in [1.29, 1.82) is 0 Å². The fourth-order valence-corrected chi connectivity index (χ4v) is 2.84. The summed E-state index contributed by atoms with van der Waals surface area (Å²) in [6.07, 6.45) is 8.03. The van der Waals surface area contributed by atoms with E-state index in [0.717, 1.165) is 37.9 Å². The van der Waals surface area contributed by atoms with Crippen LogP contribution < -0.4 is 0 Å². The first-order chi connectivity index (χ1) is 7.84. The molecular formula is C12H15N3O. The van der Waals surface area contributed by atoms with Crippen LogP contribution in [0.5, 0.6) is 0 Å². The maximum atomic E-state index is 12.1. The molecule has 4 nitrogen and oxygen atoms in total. The van der Waals surface area contributed by atoms with Crippen molar-refractivity contribution in [3.05, 3.63) is 24.3 Å². The van der Waals surface area contributed by atoms with E-state index in [2.05, 4.69) is 14.9 Å². The van der Waals surface area contributed by atoms with Crippen molar-refractivity contribution in [2.24, 2.45) is 5.92 Å². The number of aromatic nitrogens is 2. The molecule has 3 saturated heterocycles. The van der Waals surface area contributed by atoms with Gasteiger partial charge in [-0.2, -0.15) is 0 Å². The van der Waals surface area contributed by atoms with Crippen LogP contribution in [-0.2, 0) is 11.2 Å². The minimum atomic E-state index is 0.0819. The molecule has 0 amide bonds. The van der Waals surface area contributed by atoms with Crippen molar-refractivity contribution < 1.29 is 4.79 Å². The minimum Gasteiger partial charge on any atom is -0.298 e. The van der Waals surface area contributed by atoms with Gasteiger partial charge in [0.2, 0.25) is 0 Å². The molecule has 4 heterocycles. The third-order valence-corrected chi connectivity index (χ3v) is 3.74. The lowest BCUT2D eigenvalue weighted by molar-refractivity contribution is -0.136. The normalized spacial score (nSPS) is 33.0. The first-order valence-electron chi connectivity index (χ1n) is 5.86. The summed E-state index contributed by atoms with van der Waals surface area (Å²) in [4.78, 5) is 22.4. The Morgan fingerprint density at radius 3 is 2.56 bits per heavy atom. The molecule has 0 spiro atoms. The second-order valence-corrected chi connectivity index (χ2v) is 4.68. The highest BCUT2D eigenvalue weighted by Gasteiger charge is 2.40. The highest BCUT2D eigenvalue weighted by molar-refractivity contribution is 5.88. The van der Waals surface area contributed by atoms with Crippen LogP contribution in [0.2, 0.25) is 0 Å². The Balaban J connectivity index is 1.78. The third-order valence-electron chi connectivity index (χ3n) is 3.74. The molecule has 84 valence electrons. The lowest BCUT2D eigenvalue weighted by Crippen LogP contribution is -2.56. The van der Waals surface area contributed by atoms with Gasteiger partial charge in [-0.05, 0) is 37.9 Å². The molecule has 1 atom stereocenters. The number of hydrogen-bond donors (Lipinski definition) is 0. The predicted octanol–water partition coefficient (Wildman–Crippen LogP) is 0.682. The van der Waals surface area contributed by atoms with Crippen LogP contribution in [0.25, 0.3) is 0 Å². The molecular weight excluding hydrogens is 202 g/mol. The van der Waals surface area contributed by atoms with Crippen LogP contribution in [-0.4, -0.2) is 39.8 Å². The molecule has 1 aromatic heterocycles. The van der Waals surface area contributed by atoms with Crippen LogP contribution >= 0.6 is 0 Å². The van der Waals surface area contributed by atoms with Gasteiger partial charge in [-0.1, -0.05) is 0 Å². The predicted molar refractivity (Wildman–Crippen MR) is 58.8 cm³/mol. The van der Waals surface area contributed by atoms with Crippen molar-refractivity contribution in [3.63, 3.8) is 0 Å². The second kappa shape index (κ2) is 3.94. The monoisotopic (exact) mass is 217 g/mol. The molecule has 3 aliphatic heterocycles. The molecule has 16 heavy (non-hydrogen) atoms. The van der Waals surface area contributed by atoms with Crippen molar-refractivity contribution in [3.8, 4) is 0 Å². The fourth-order valence-electron chi connectivity index (χ4n) is 2.84. The summed E-state index contributed by atoms with van der Waals surface area (Å²) in [6.45, 7) is 2.16. The molecule has 0 saturated carbocycles. The molecule has 1 unspecified atom stereocenters. The number of Topliss-reactive ketones (excluding diaryl/α,β-unsaturated/α-hetero) is 1. The number of rotatable bonds is 2. The van der Waals surface area contributed by atoms with E-state index in [9.17, 15) is 4.79 Å². The molecule has 0 aliphatic carbocycles. The molecule has 0 radical (unpaired) electrons. The summed E-state index contributed by atoms with van der Waals surface area (Å²) < 4.78 is 0. The maximum Gasteiger partial charge on any atom is 0.153 e. The highest BCUT2D eigenvalue weighted by atomic mass is 16.1. The summed E-state index contributed by atoms with van der Waals surface area (Å²) in [7, 11) is 0. The largest absolute Gasteiger partial charge is 0.298 e. The van der Waals surface area contributed by atoms with Gasteiger partial charge in [0.05, 0.1) is 6.04 Å². The number of hydrogen-bond acceptors (Lipinski definition) is 4. The maximum absolute atomic E-state index is 12.1. The van der Waals surface area contributed by atoms with Gasteiger partial charge < -0.3 is 0 Å². The van der Waals surface area contributed by atoms with Gasteiger partial charge in [0.25, 0.3) is 0 Å². The van der Waals surface area contributed by atoms with E-state index < -0.39 is 0 Å². The molecule has 3 aliphatic rings. The fraction of sp³-hybridized carbons (Fsp3) is 0.583. The summed E-state index contributed by atoms with van der Waals surface area (Å²) in [5, 5.41) is 0. The quantitative estimate of drug-likeness (QED) is 0.731. The van der Waals surface area contributed by atoms with Gasteiger partial charge in [0.1, 0.15) is 6.33 Å². The third kappa shape index (κ3) is 1.63. The standard InChI is InChI=1S/C12H15N3O/c16-12-10-1-3-15(4-2-10)11(12)5-9-6-13-8-14-7-9/h6-8,10-11H,1-5H2. The molecule has 3 fully saturated rings. The first-order valence-corrected chi connectivity index (χ1v) is 5.86. The summed E-state index contributed by atoms with van der Waals surface area (Å²) >= 11 is 0. The van der Waals surface area contributed by atoms with Crippen molar-refractivity contribution >= 4 is 5.78 Å². The van der Waals surface area contributed by atoms with Gasteiger partial charge in [-0.15, -0.1) is 0 Å². The van der Waals surface area contributed by atoms with Crippen LogP contribution in [0.3, 0.4) is 0 Å². The van der Waals surface area contributed by atoms with Crippen molar-refractivity contribution in [2.45, 2.75) is 25.3 Å². The summed E-state index contributed by atoms with van der Waals surface area (Å²) in [6, 6.07) is 0.0819. The van der Waals surface area contributed by atoms with E-state index in [4.69, 9.17) is 0 Å². The Kier molecular flexibility index (Phi) is 2.44. The van der Waals surface area contributed by atoms with Crippen LogP contribution in [0.15, 0.2) is 18.7 Å². The average molecular weight is 217 g/mol. The number of ketones is 1. The minimum absolute atomic E-state index is 0.0819. The number of carbonyl (C=O) groups excluding carboxylic acids is 1. The average Bonchev–Trinajstić information content (AvgIpc) is 2.36. The highest BCUT2D eigenvalue weighted by Crippen LogP contribution is 2.30. The van der Waals surface area contributed by atoms with E-state index in [1.54, 1.807) is 0 Å². The van der Waals surface area contributed by atoms with Gasteiger partial charge in [-0.3, -0.25) is 9.69 Å². The molecule has 4 heteroatoms. The van der Waals surface area contributed by atoms with Gasteiger partial charge >= 0.3 is 0 Å². The lowest BCUT2D eigenvalue weighted by Gasteiger charge is -2.44. The second-order valence-electron chi connectivity index (χ2n) is 4.68. The van der Waals surface area contributed by atoms with E-state index in [0.29, 0.717) is 11.7 Å². The molecule has 1 aromatic rings. The topological polar surface area (TPSA) is 46.1 Å². The van der Waals surface area contributed by atoms with Crippen molar-refractivity contribution in [1.82, 2.24) is 14.9 Å². The van der Waals surface area contributed by atoms with Crippen LogP contribution in [0.4, 0.5) is 0 Å². The van der Waals surface area contributed by atoms with E-state index in [1.807, 2.05) is 12.4 Å². The SMILES string of the molecule is O=C1C2CCN(CC2)C1Cc1cncnc1. The van der Waals surface area contributed by atoms with E-state index in [-0.39, 0.29) is 6.04 Å². The van der Waals surface area contributed by atoms with E-state index in [1.165, 1.54) is 6.33 Å². The van der Waals surface area contributed by atoms with Crippen LogP contribution in [0, 0.1) is 5.92 Å². The smallest absolute Gasteiger partial charge is 0.153 e. The zero-order valence-corrected chi connectivity index (χ0v) is 9.17. The Morgan fingerprint density at radius 1 is 1.25 bits per heavy atom. The van der Waals surface area contributed by atoms with Crippen molar-refractivity contribution in [2.75, 3.05) is 13.1 Å². The molecule has 2 bridgehead atoms. The number of nitrogens with zero attached hydrogens (tertiary/aromatic N) is 3. The molecule has 0 aromatic carbocycles. The lowest BCUT2D eigenvalue weighted by atomic mass is 9.80. The Hall–Kier alpha value is -1.29. The van der Waals surface area contributed by atoms with Crippen LogP contribution in [0.1, 0.15) is 18.4 Å². The number of carbonyl (C=O) groups is 1.